The third-order valence-electron chi connectivity index (χ3n) is 2.24. The molecule has 0 aliphatic heterocycles. The van der Waals surface area contributed by atoms with Gasteiger partial charge in [-0.2, -0.15) is 10.4 Å². The van der Waals surface area contributed by atoms with Crippen LogP contribution in [0.4, 0.5) is 10.2 Å². The first-order chi connectivity index (χ1) is 7.74. The maximum Gasteiger partial charge on any atom is 0.148 e. The van der Waals surface area contributed by atoms with Gasteiger partial charge >= 0.3 is 0 Å². The molecule has 0 aliphatic rings. The van der Waals surface area contributed by atoms with Gasteiger partial charge in [0, 0.05) is 5.56 Å². The lowest BCUT2D eigenvalue weighted by Crippen LogP contribution is -2.04. The number of nitriles is 1. The minimum Gasteiger partial charge on any atom is -0.383 e. The highest BCUT2D eigenvalue weighted by molar-refractivity contribution is 5.48. The van der Waals surface area contributed by atoms with Crippen molar-refractivity contribution in [3.05, 3.63) is 41.8 Å². The molecule has 0 radical (unpaired) electrons. The van der Waals surface area contributed by atoms with Gasteiger partial charge in [-0.05, 0) is 12.1 Å². The Labute approximate surface area is 91.7 Å². The Morgan fingerprint density at radius 2 is 2.19 bits per heavy atom. The molecular weight excluding hydrogens is 207 g/mol. The molecule has 0 unspecified atom stereocenters. The first-order valence-electron chi connectivity index (χ1n) is 4.68. The minimum atomic E-state index is -0.402. The number of benzene rings is 1. The number of para-hydroxylation sites is 1. The van der Waals surface area contributed by atoms with Crippen LogP contribution >= 0.6 is 0 Å². The topological polar surface area (TPSA) is 67.6 Å². The van der Waals surface area contributed by atoms with E-state index in [-0.39, 0.29) is 12.1 Å². The lowest BCUT2D eigenvalue weighted by molar-refractivity contribution is 0.612. The van der Waals surface area contributed by atoms with Gasteiger partial charge in [-0.3, -0.25) is 0 Å². The van der Waals surface area contributed by atoms with Crippen LogP contribution in [0, 0.1) is 17.1 Å². The summed E-state index contributed by atoms with van der Waals surface area (Å²) in [7, 11) is 0. The number of aromatic nitrogens is 2. The lowest BCUT2D eigenvalue weighted by atomic mass is 10.2. The smallest absolute Gasteiger partial charge is 0.148 e. The third kappa shape index (κ3) is 1.61. The van der Waals surface area contributed by atoms with Crippen LogP contribution in [0.1, 0.15) is 5.56 Å². The summed E-state index contributed by atoms with van der Waals surface area (Å²) in [5.74, 6) is -0.104. The highest BCUT2D eigenvalue weighted by Gasteiger charge is 2.11. The van der Waals surface area contributed by atoms with Crippen molar-refractivity contribution in [3.63, 3.8) is 0 Å². The molecule has 0 fully saturated rings. The van der Waals surface area contributed by atoms with Crippen molar-refractivity contribution in [2.45, 2.75) is 6.42 Å². The molecule has 1 aromatic carbocycles. The molecule has 0 spiro atoms. The van der Waals surface area contributed by atoms with E-state index in [1.807, 2.05) is 6.07 Å². The van der Waals surface area contributed by atoms with Gasteiger partial charge in [0.05, 0.1) is 18.7 Å². The Morgan fingerprint density at radius 3 is 2.88 bits per heavy atom. The molecule has 2 N–H and O–H groups in total. The van der Waals surface area contributed by atoms with E-state index in [9.17, 15) is 4.39 Å². The molecule has 1 aromatic heterocycles. The number of hydrogen-bond donors (Lipinski definition) is 1. The molecule has 0 amide bonds. The van der Waals surface area contributed by atoms with Gasteiger partial charge in [0.1, 0.15) is 17.3 Å². The average Bonchev–Trinajstić information content (AvgIpc) is 2.62. The predicted octanol–water partition coefficient (Wildman–Crippen LogP) is 1.66. The molecule has 5 heteroatoms. The van der Waals surface area contributed by atoms with Crippen LogP contribution in [0.3, 0.4) is 0 Å². The van der Waals surface area contributed by atoms with Crippen LogP contribution in [0.2, 0.25) is 0 Å². The van der Waals surface area contributed by atoms with Crippen molar-refractivity contribution in [1.82, 2.24) is 9.78 Å². The molecule has 0 saturated carbocycles. The van der Waals surface area contributed by atoms with Crippen molar-refractivity contribution in [1.29, 1.82) is 5.26 Å². The van der Waals surface area contributed by atoms with Gasteiger partial charge < -0.3 is 5.73 Å². The second-order valence-electron chi connectivity index (χ2n) is 3.25. The summed E-state index contributed by atoms with van der Waals surface area (Å²) < 4.78 is 14.8. The number of hydrogen-bond acceptors (Lipinski definition) is 3. The molecule has 0 bridgehead atoms. The molecule has 16 heavy (non-hydrogen) atoms. The van der Waals surface area contributed by atoms with Gasteiger partial charge in [0.2, 0.25) is 0 Å². The van der Waals surface area contributed by atoms with Crippen molar-refractivity contribution in [2.24, 2.45) is 0 Å². The number of nitrogen functional groups attached to an aromatic ring is 1. The summed E-state index contributed by atoms with van der Waals surface area (Å²) >= 11 is 0. The third-order valence-corrected chi connectivity index (χ3v) is 2.24. The number of nitrogens with two attached hydrogens (primary N) is 1. The summed E-state index contributed by atoms with van der Waals surface area (Å²) in [5, 5.41) is 12.5. The Hall–Kier alpha value is -2.35. The number of halogens is 1. The summed E-state index contributed by atoms with van der Waals surface area (Å²) in [6.45, 7) is 0. The van der Waals surface area contributed by atoms with Crippen molar-refractivity contribution in [2.75, 3.05) is 5.73 Å². The van der Waals surface area contributed by atoms with E-state index >= 15 is 0 Å². The molecule has 4 nitrogen and oxygen atoms in total. The Bertz CT molecular complexity index is 553. The van der Waals surface area contributed by atoms with Crippen LogP contribution in [0.5, 0.6) is 0 Å². The second kappa shape index (κ2) is 4.03. The lowest BCUT2D eigenvalue weighted by Gasteiger charge is -2.05. The molecule has 80 valence electrons. The molecule has 0 aliphatic carbocycles. The summed E-state index contributed by atoms with van der Waals surface area (Å²) in [5.41, 5.74) is 6.66. The molecule has 2 aromatic rings. The number of rotatable bonds is 2. The van der Waals surface area contributed by atoms with Crippen molar-refractivity contribution < 1.29 is 4.39 Å². The standard InChI is InChI=1S/C11H9FN4/c12-9-3-1-2-4-10(9)16-11(14)8(5-6-13)7-15-16/h1-4,7H,5,14H2. The largest absolute Gasteiger partial charge is 0.383 e. The van der Waals surface area contributed by atoms with Gasteiger partial charge in [-0.15, -0.1) is 0 Å². The van der Waals surface area contributed by atoms with E-state index in [1.165, 1.54) is 16.9 Å². The van der Waals surface area contributed by atoms with Crippen LogP contribution in [-0.4, -0.2) is 9.78 Å². The van der Waals surface area contributed by atoms with E-state index in [1.54, 1.807) is 18.2 Å². The second-order valence-corrected chi connectivity index (χ2v) is 3.25. The molecule has 0 atom stereocenters. The van der Waals surface area contributed by atoms with Gasteiger partial charge in [0.15, 0.2) is 0 Å². The maximum absolute atomic E-state index is 13.5. The fourth-order valence-electron chi connectivity index (χ4n) is 1.43. The van der Waals surface area contributed by atoms with E-state index < -0.39 is 5.82 Å². The van der Waals surface area contributed by atoms with E-state index in [4.69, 9.17) is 11.0 Å². The molecule has 1 heterocycles. The highest BCUT2D eigenvalue weighted by atomic mass is 19.1. The average molecular weight is 216 g/mol. The predicted molar refractivity (Wildman–Crippen MR) is 57.3 cm³/mol. The zero-order chi connectivity index (χ0) is 11.5. The summed E-state index contributed by atoms with van der Waals surface area (Å²) in [6.07, 6.45) is 1.64. The van der Waals surface area contributed by atoms with Gasteiger partial charge in [0.25, 0.3) is 0 Å². The van der Waals surface area contributed by atoms with Gasteiger partial charge in [-0.25, -0.2) is 9.07 Å². The van der Waals surface area contributed by atoms with Crippen LogP contribution in [0.15, 0.2) is 30.5 Å². The Kier molecular flexibility index (Phi) is 2.56. The maximum atomic E-state index is 13.5. The zero-order valence-corrected chi connectivity index (χ0v) is 8.39. The first-order valence-corrected chi connectivity index (χ1v) is 4.68. The normalized spacial score (nSPS) is 10.0. The molecular formula is C11H9FN4. The van der Waals surface area contributed by atoms with Crippen LogP contribution in [0.25, 0.3) is 5.69 Å². The van der Waals surface area contributed by atoms with Crippen LogP contribution < -0.4 is 5.73 Å². The summed E-state index contributed by atoms with van der Waals surface area (Å²) in [6, 6.07) is 8.18. The fraction of sp³-hybridized carbons (Fsp3) is 0.0909. The van der Waals surface area contributed by atoms with E-state index in [0.717, 1.165) is 0 Å². The van der Waals surface area contributed by atoms with E-state index in [2.05, 4.69) is 5.10 Å². The van der Waals surface area contributed by atoms with Crippen molar-refractivity contribution >= 4 is 5.82 Å². The Morgan fingerprint density at radius 1 is 1.44 bits per heavy atom. The molecule has 2 rings (SSSR count). The Balaban J connectivity index is 2.50. The SMILES string of the molecule is N#CCc1cnn(-c2ccccc2F)c1N. The molecule has 0 saturated heterocycles. The number of anilines is 1. The van der Waals surface area contributed by atoms with E-state index in [0.29, 0.717) is 11.4 Å². The monoisotopic (exact) mass is 216 g/mol. The fourth-order valence-corrected chi connectivity index (χ4v) is 1.43. The van der Waals surface area contributed by atoms with Crippen LogP contribution in [-0.2, 0) is 6.42 Å². The minimum absolute atomic E-state index is 0.167. The van der Waals surface area contributed by atoms with Gasteiger partial charge in [-0.1, -0.05) is 12.1 Å². The highest BCUT2D eigenvalue weighted by Crippen LogP contribution is 2.19. The zero-order valence-electron chi connectivity index (χ0n) is 8.39. The quantitative estimate of drug-likeness (QED) is 0.830. The van der Waals surface area contributed by atoms with Crippen molar-refractivity contribution in [3.8, 4) is 11.8 Å². The number of nitrogens with zero attached hydrogens (tertiary/aromatic N) is 3. The first kappa shape index (κ1) is 10.2. The summed E-state index contributed by atoms with van der Waals surface area (Å²) in [4.78, 5) is 0.